The Balaban J connectivity index is 2.58. The number of nitrogens with zero attached hydrogens (tertiary/aromatic N) is 1. The summed E-state index contributed by atoms with van der Waals surface area (Å²) in [5.74, 6) is 0.322. The lowest BCUT2D eigenvalue weighted by Gasteiger charge is -2.48. The minimum absolute atomic E-state index is 0.00720. The molecular formula is C14H17NO. The number of nitriles is 1. The molecule has 0 amide bonds. The van der Waals surface area contributed by atoms with Crippen LogP contribution in [0.5, 0.6) is 0 Å². The van der Waals surface area contributed by atoms with Crippen LogP contribution in [0.4, 0.5) is 0 Å². The molecule has 2 aliphatic rings. The fourth-order valence-electron chi connectivity index (χ4n) is 3.24. The van der Waals surface area contributed by atoms with Gasteiger partial charge in [-0.15, -0.1) is 0 Å². The van der Waals surface area contributed by atoms with E-state index in [4.69, 9.17) is 5.26 Å². The Kier molecular flexibility index (Phi) is 2.31. The van der Waals surface area contributed by atoms with E-state index in [1.165, 1.54) is 0 Å². The molecule has 0 aromatic heterocycles. The maximum atomic E-state index is 12.2. The van der Waals surface area contributed by atoms with Crippen LogP contribution in [0.3, 0.4) is 0 Å². The highest BCUT2D eigenvalue weighted by Crippen LogP contribution is 2.53. The van der Waals surface area contributed by atoms with Crippen molar-refractivity contribution in [1.82, 2.24) is 0 Å². The number of rotatable bonds is 0. The molecule has 0 N–H and O–H groups in total. The third-order valence-corrected chi connectivity index (χ3v) is 4.19. The molecule has 2 rings (SSSR count). The van der Waals surface area contributed by atoms with Crippen molar-refractivity contribution in [3.8, 4) is 6.07 Å². The number of hydrogen-bond donors (Lipinski definition) is 0. The van der Waals surface area contributed by atoms with Crippen LogP contribution in [0.2, 0.25) is 0 Å². The van der Waals surface area contributed by atoms with E-state index in [9.17, 15) is 4.79 Å². The molecule has 0 aromatic carbocycles. The van der Waals surface area contributed by atoms with Crippen molar-refractivity contribution in [3.05, 3.63) is 23.8 Å². The second-order valence-corrected chi connectivity index (χ2v) is 5.69. The predicted molar refractivity (Wildman–Crippen MR) is 62.5 cm³/mol. The van der Waals surface area contributed by atoms with Crippen molar-refractivity contribution in [1.29, 1.82) is 5.26 Å². The number of Topliss-reactive ketones (excluding diaryl/α,β-unsaturated/α-hetero) is 1. The Morgan fingerprint density at radius 1 is 1.38 bits per heavy atom. The molecule has 84 valence electrons. The van der Waals surface area contributed by atoms with Gasteiger partial charge in [0.25, 0.3) is 0 Å². The fourth-order valence-corrected chi connectivity index (χ4v) is 3.24. The molecule has 2 heteroatoms. The van der Waals surface area contributed by atoms with Gasteiger partial charge in [0, 0.05) is 5.41 Å². The highest BCUT2D eigenvalue weighted by atomic mass is 16.1. The standard InChI is InChI=1S/C14H17NO/c1-13(2)11-6-4-5-7-14(11,3)8-10(9-15)12(13)16/h4-5,8,11H,6-7H2,1-3H3/t11-,14+/m1/s1. The average molecular weight is 215 g/mol. The number of carbonyl (C=O) groups excluding carboxylic acids is 1. The van der Waals surface area contributed by atoms with E-state index in [-0.39, 0.29) is 11.2 Å². The van der Waals surface area contributed by atoms with Crippen LogP contribution in [0.15, 0.2) is 23.8 Å². The molecule has 0 unspecified atom stereocenters. The van der Waals surface area contributed by atoms with Crippen LogP contribution >= 0.6 is 0 Å². The van der Waals surface area contributed by atoms with Gasteiger partial charge in [-0.3, -0.25) is 4.79 Å². The number of hydrogen-bond acceptors (Lipinski definition) is 2. The molecule has 0 saturated heterocycles. The van der Waals surface area contributed by atoms with Gasteiger partial charge in [0.1, 0.15) is 6.07 Å². The zero-order chi connectivity index (χ0) is 12.0. The third-order valence-electron chi connectivity index (χ3n) is 4.19. The van der Waals surface area contributed by atoms with Gasteiger partial charge in [0.15, 0.2) is 5.78 Å². The Hall–Kier alpha value is -1.36. The second kappa shape index (κ2) is 3.31. The molecule has 0 heterocycles. The summed E-state index contributed by atoms with van der Waals surface area (Å²) in [6.07, 6.45) is 8.08. The van der Waals surface area contributed by atoms with Gasteiger partial charge in [-0.1, -0.05) is 39.0 Å². The number of allylic oxidation sites excluding steroid dienone is 4. The van der Waals surface area contributed by atoms with Crippen molar-refractivity contribution in [3.63, 3.8) is 0 Å². The molecule has 0 fully saturated rings. The minimum atomic E-state index is -0.417. The van der Waals surface area contributed by atoms with Crippen LogP contribution in [-0.4, -0.2) is 5.78 Å². The lowest BCUT2D eigenvalue weighted by Crippen LogP contribution is -2.47. The van der Waals surface area contributed by atoms with Gasteiger partial charge in [0.2, 0.25) is 0 Å². The molecule has 2 atom stereocenters. The molecule has 0 saturated carbocycles. The van der Waals surface area contributed by atoms with Crippen LogP contribution in [0, 0.1) is 28.1 Å². The third kappa shape index (κ3) is 1.35. The van der Waals surface area contributed by atoms with Gasteiger partial charge in [-0.2, -0.15) is 5.26 Å². The Morgan fingerprint density at radius 2 is 2.06 bits per heavy atom. The van der Waals surface area contributed by atoms with Gasteiger partial charge in [-0.25, -0.2) is 0 Å². The topological polar surface area (TPSA) is 40.9 Å². The molecule has 0 radical (unpaired) electrons. The predicted octanol–water partition coefficient (Wildman–Crippen LogP) is 3.02. The van der Waals surface area contributed by atoms with E-state index in [1.807, 2.05) is 19.9 Å². The van der Waals surface area contributed by atoms with Gasteiger partial charge in [-0.05, 0) is 24.2 Å². The van der Waals surface area contributed by atoms with Gasteiger partial charge in [0.05, 0.1) is 5.57 Å². The Bertz CT molecular complexity index is 436. The summed E-state index contributed by atoms with van der Waals surface area (Å²) >= 11 is 0. The monoisotopic (exact) mass is 215 g/mol. The fraction of sp³-hybridized carbons (Fsp3) is 0.571. The zero-order valence-electron chi connectivity index (χ0n) is 10.1. The van der Waals surface area contributed by atoms with Crippen molar-refractivity contribution >= 4 is 5.78 Å². The summed E-state index contributed by atoms with van der Waals surface area (Å²) in [5, 5.41) is 9.04. The van der Waals surface area contributed by atoms with Crippen LogP contribution in [0.1, 0.15) is 33.6 Å². The van der Waals surface area contributed by atoms with Crippen LogP contribution in [-0.2, 0) is 4.79 Å². The summed E-state index contributed by atoms with van der Waals surface area (Å²) in [7, 11) is 0. The molecular weight excluding hydrogens is 198 g/mol. The maximum Gasteiger partial charge on any atom is 0.178 e. The first-order chi connectivity index (χ1) is 7.42. The van der Waals surface area contributed by atoms with Crippen molar-refractivity contribution in [2.24, 2.45) is 16.7 Å². The van der Waals surface area contributed by atoms with Gasteiger partial charge >= 0.3 is 0 Å². The summed E-state index contributed by atoms with van der Waals surface area (Å²) in [5.41, 5.74) is -0.102. The molecule has 0 aromatic rings. The first kappa shape index (κ1) is 11.1. The number of ketones is 1. The molecule has 0 aliphatic heterocycles. The zero-order valence-corrected chi connectivity index (χ0v) is 10.1. The van der Waals surface area contributed by atoms with Crippen LogP contribution < -0.4 is 0 Å². The molecule has 0 spiro atoms. The highest BCUT2D eigenvalue weighted by molar-refractivity contribution is 6.04. The summed E-state index contributed by atoms with van der Waals surface area (Å²) < 4.78 is 0. The van der Waals surface area contributed by atoms with E-state index in [0.29, 0.717) is 11.5 Å². The molecule has 2 nitrogen and oxygen atoms in total. The van der Waals surface area contributed by atoms with Crippen molar-refractivity contribution < 1.29 is 4.79 Å². The summed E-state index contributed by atoms with van der Waals surface area (Å²) in [4.78, 5) is 12.2. The van der Waals surface area contributed by atoms with E-state index < -0.39 is 5.41 Å². The summed E-state index contributed by atoms with van der Waals surface area (Å²) in [6.45, 7) is 6.11. The van der Waals surface area contributed by atoms with E-state index in [0.717, 1.165) is 12.8 Å². The van der Waals surface area contributed by atoms with Crippen molar-refractivity contribution in [2.75, 3.05) is 0 Å². The van der Waals surface area contributed by atoms with Gasteiger partial charge < -0.3 is 0 Å². The van der Waals surface area contributed by atoms with Crippen molar-refractivity contribution in [2.45, 2.75) is 33.6 Å². The normalized spacial score (nSPS) is 36.2. The Morgan fingerprint density at radius 3 is 2.69 bits per heavy atom. The molecule has 2 aliphatic carbocycles. The first-order valence-electron chi connectivity index (χ1n) is 5.74. The number of carbonyl (C=O) groups is 1. The second-order valence-electron chi connectivity index (χ2n) is 5.69. The van der Waals surface area contributed by atoms with E-state index in [2.05, 4.69) is 25.1 Å². The first-order valence-corrected chi connectivity index (χ1v) is 5.74. The van der Waals surface area contributed by atoms with Crippen LogP contribution in [0.25, 0.3) is 0 Å². The lowest BCUT2D eigenvalue weighted by atomic mass is 9.54. The smallest absolute Gasteiger partial charge is 0.178 e. The maximum absolute atomic E-state index is 12.2. The van der Waals surface area contributed by atoms with E-state index in [1.54, 1.807) is 0 Å². The SMILES string of the molecule is CC1(C)C(=O)C(C#N)=C[C@]2(C)CC=CC[C@H]12. The average Bonchev–Trinajstić information content (AvgIpc) is 2.24. The molecule has 0 bridgehead atoms. The lowest BCUT2D eigenvalue weighted by molar-refractivity contribution is -0.129. The largest absolute Gasteiger partial charge is 0.293 e. The quantitative estimate of drug-likeness (QED) is 0.583. The van der Waals surface area contributed by atoms with E-state index >= 15 is 0 Å². The highest BCUT2D eigenvalue weighted by Gasteiger charge is 2.50. The molecule has 16 heavy (non-hydrogen) atoms. The Labute approximate surface area is 96.6 Å². The number of fused-ring (bicyclic) bond motifs is 1. The summed E-state index contributed by atoms with van der Waals surface area (Å²) in [6, 6.07) is 2.06. The minimum Gasteiger partial charge on any atom is -0.293 e.